The first-order valence-corrected chi connectivity index (χ1v) is 17.4. The molecular formula is C50H34N2. The number of anilines is 3. The van der Waals surface area contributed by atoms with E-state index in [1.807, 2.05) is 42.5 Å². The first-order chi connectivity index (χ1) is 27.9. The van der Waals surface area contributed by atoms with Gasteiger partial charge in [-0.05, 0) is 99.1 Å². The van der Waals surface area contributed by atoms with E-state index >= 15 is 0 Å². The number of hydrogen-bond donors (Lipinski definition) is 0. The normalized spacial score (nSPS) is 12.8. The minimum absolute atomic E-state index is 0.188. The number of rotatable bonds is 6. The van der Waals surface area contributed by atoms with Gasteiger partial charge in [-0.2, -0.15) is 0 Å². The molecule has 0 N–H and O–H groups in total. The molecule has 0 saturated carbocycles. The lowest BCUT2D eigenvalue weighted by molar-refractivity contribution is 1.19. The molecule has 52 heavy (non-hydrogen) atoms. The van der Waals surface area contributed by atoms with Crippen LogP contribution in [0.4, 0.5) is 17.1 Å². The Kier molecular flexibility index (Phi) is 6.01. The Morgan fingerprint density at radius 2 is 0.885 bits per heavy atom. The Balaban J connectivity index is 1.10. The number of aromatic nitrogens is 1. The van der Waals surface area contributed by atoms with E-state index in [1.54, 1.807) is 0 Å². The largest absolute Gasteiger partial charge is 0.311 e. The van der Waals surface area contributed by atoms with Gasteiger partial charge in [0.25, 0.3) is 0 Å². The standard InChI is InChI=1S/C50H34N2/c1-4-14-35(15-5-1)36-24-29-41(30-25-36)51(39-16-6-2-7-17-39)42-31-26-37(27-32-42)38-28-33-48-47(34-38)49-45-22-12-10-20-43(45)44-21-11-13-23-46(44)50(49)52(48)40-18-8-3-9-19-40/h1-34H/i1D,4D,5D,14D,15D. The van der Waals surface area contributed by atoms with E-state index in [0.29, 0.717) is 5.56 Å². The maximum atomic E-state index is 8.48. The van der Waals surface area contributed by atoms with Crippen molar-refractivity contribution in [1.82, 2.24) is 4.57 Å². The maximum Gasteiger partial charge on any atom is 0.0629 e. The summed E-state index contributed by atoms with van der Waals surface area (Å²) in [4.78, 5) is 2.16. The van der Waals surface area contributed by atoms with Crippen LogP contribution in [-0.2, 0) is 0 Å². The smallest absolute Gasteiger partial charge is 0.0629 e. The number of nitrogens with zero attached hydrogens (tertiary/aromatic N) is 2. The van der Waals surface area contributed by atoms with Crippen LogP contribution < -0.4 is 4.90 Å². The lowest BCUT2D eigenvalue weighted by Gasteiger charge is -2.26. The summed E-state index contributed by atoms with van der Waals surface area (Å²) in [5.41, 5.74) is 9.24. The van der Waals surface area contributed by atoms with Crippen molar-refractivity contribution in [3.63, 3.8) is 0 Å². The summed E-state index contributed by atoms with van der Waals surface area (Å²) in [6.07, 6.45) is 0. The van der Waals surface area contributed by atoms with Gasteiger partial charge in [0.2, 0.25) is 0 Å². The Labute approximate surface area is 310 Å². The predicted molar refractivity (Wildman–Crippen MR) is 221 cm³/mol. The van der Waals surface area contributed by atoms with Crippen molar-refractivity contribution in [1.29, 1.82) is 0 Å². The third-order valence-electron chi connectivity index (χ3n) is 10.0. The maximum absolute atomic E-state index is 8.48. The molecule has 1 heterocycles. The number of fused-ring (bicyclic) bond motifs is 8. The predicted octanol–water partition coefficient (Wildman–Crippen LogP) is 13.9. The quantitative estimate of drug-likeness (QED) is 0.160. The van der Waals surface area contributed by atoms with Crippen LogP contribution in [0.3, 0.4) is 0 Å². The van der Waals surface area contributed by atoms with Crippen molar-refractivity contribution in [2.24, 2.45) is 0 Å². The molecule has 0 saturated heterocycles. The first kappa shape index (κ1) is 25.1. The number of para-hydroxylation sites is 2. The van der Waals surface area contributed by atoms with E-state index in [2.05, 4.69) is 143 Å². The molecule has 0 atom stereocenters. The van der Waals surface area contributed by atoms with Crippen molar-refractivity contribution >= 4 is 60.4 Å². The number of benzene rings is 9. The van der Waals surface area contributed by atoms with Crippen molar-refractivity contribution in [3.05, 3.63) is 206 Å². The molecule has 0 aliphatic carbocycles. The Morgan fingerprint density at radius 3 is 1.54 bits per heavy atom. The third-order valence-corrected chi connectivity index (χ3v) is 10.0. The third kappa shape index (κ3) is 4.96. The monoisotopic (exact) mass is 667 g/mol. The molecule has 0 amide bonds. The molecule has 0 aliphatic rings. The van der Waals surface area contributed by atoms with Crippen LogP contribution in [0, 0.1) is 0 Å². The zero-order valence-electron chi connectivity index (χ0n) is 33.1. The summed E-state index contributed by atoms with van der Waals surface area (Å²) >= 11 is 0. The van der Waals surface area contributed by atoms with E-state index in [1.165, 1.54) is 37.8 Å². The van der Waals surface area contributed by atoms with Crippen LogP contribution >= 0.6 is 0 Å². The molecule has 10 aromatic rings. The molecule has 0 unspecified atom stereocenters. The molecule has 9 aromatic carbocycles. The van der Waals surface area contributed by atoms with Crippen molar-refractivity contribution in [3.8, 4) is 27.9 Å². The van der Waals surface area contributed by atoms with E-state index in [-0.39, 0.29) is 29.7 Å². The molecular weight excluding hydrogens is 629 g/mol. The second-order valence-electron chi connectivity index (χ2n) is 13.0. The summed E-state index contributed by atoms with van der Waals surface area (Å²) in [5, 5.41) is 7.37. The topological polar surface area (TPSA) is 8.17 Å². The summed E-state index contributed by atoms with van der Waals surface area (Å²) < 4.78 is 43.7. The molecule has 0 bridgehead atoms. The minimum atomic E-state index is -0.398. The Bertz CT molecular complexity index is 3130. The number of hydrogen-bond acceptors (Lipinski definition) is 1. The molecule has 10 rings (SSSR count). The summed E-state index contributed by atoms with van der Waals surface area (Å²) in [6, 6.07) is 59.6. The Hall–Kier alpha value is -6.90. The SMILES string of the molecule is [2H]c1c([2H])c([2H])c(-c2ccc(N(c3ccccc3)c3ccc(-c4ccc5c(c4)c4c6ccccc6c6ccccc6c4n5-c4ccccc4)cc3)cc2)c([2H])c1[2H]. The van der Waals surface area contributed by atoms with Crippen LogP contribution in [0.5, 0.6) is 0 Å². The molecule has 2 heteroatoms. The summed E-state index contributed by atoms with van der Waals surface area (Å²) in [6.45, 7) is 0. The van der Waals surface area contributed by atoms with Gasteiger partial charge in [-0.25, -0.2) is 0 Å². The second kappa shape index (κ2) is 12.5. The van der Waals surface area contributed by atoms with Gasteiger partial charge in [0.1, 0.15) is 0 Å². The molecule has 244 valence electrons. The van der Waals surface area contributed by atoms with Crippen LogP contribution in [0.25, 0.3) is 71.3 Å². The molecule has 0 spiro atoms. The van der Waals surface area contributed by atoms with Crippen LogP contribution in [0.2, 0.25) is 0 Å². The molecule has 2 nitrogen and oxygen atoms in total. The fourth-order valence-electron chi connectivity index (χ4n) is 7.70. The van der Waals surface area contributed by atoms with Gasteiger partial charge in [0, 0.05) is 38.9 Å². The summed E-state index contributed by atoms with van der Waals surface area (Å²) in [7, 11) is 0. The highest BCUT2D eigenvalue weighted by Gasteiger charge is 2.20. The lowest BCUT2D eigenvalue weighted by Crippen LogP contribution is -2.09. The lowest BCUT2D eigenvalue weighted by atomic mass is 9.95. The van der Waals surface area contributed by atoms with Gasteiger partial charge in [0.05, 0.1) is 17.9 Å². The van der Waals surface area contributed by atoms with Crippen molar-refractivity contribution in [2.75, 3.05) is 4.90 Å². The average Bonchev–Trinajstić information content (AvgIpc) is 3.62. The Morgan fingerprint density at radius 1 is 0.385 bits per heavy atom. The van der Waals surface area contributed by atoms with Crippen molar-refractivity contribution in [2.45, 2.75) is 0 Å². The van der Waals surface area contributed by atoms with Gasteiger partial charge >= 0.3 is 0 Å². The van der Waals surface area contributed by atoms with Gasteiger partial charge in [0.15, 0.2) is 0 Å². The fourth-order valence-corrected chi connectivity index (χ4v) is 7.70. The van der Waals surface area contributed by atoms with E-state index in [0.717, 1.165) is 39.4 Å². The van der Waals surface area contributed by atoms with Crippen LogP contribution in [0.15, 0.2) is 206 Å². The van der Waals surface area contributed by atoms with Gasteiger partial charge in [-0.3, -0.25) is 0 Å². The van der Waals surface area contributed by atoms with Gasteiger partial charge in [-0.1, -0.05) is 145 Å². The summed E-state index contributed by atoms with van der Waals surface area (Å²) in [5.74, 6) is 0. The molecule has 0 aliphatic heterocycles. The first-order valence-electron chi connectivity index (χ1n) is 19.9. The highest BCUT2D eigenvalue weighted by Crippen LogP contribution is 2.44. The van der Waals surface area contributed by atoms with Gasteiger partial charge < -0.3 is 9.47 Å². The zero-order chi connectivity index (χ0) is 38.8. The van der Waals surface area contributed by atoms with E-state index < -0.39 is 6.04 Å². The van der Waals surface area contributed by atoms with E-state index in [4.69, 9.17) is 6.85 Å². The molecule has 0 radical (unpaired) electrons. The molecule has 0 fully saturated rings. The van der Waals surface area contributed by atoms with Crippen LogP contribution in [-0.4, -0.2) is 4.57 Å². The highest BCUT2D eigenvalue weighted by molar-refractivity contribution is 6.32. The second-order valence-corrected chi connectivity index (χ2v) is 13.0. The zero-order valence-corrected chi connectivity index (χ0v) is 28.1. The average molecular weight is 668 g/mol. The minimum Gasteiger partial charge on any atom is -0.311 e. The van der Waals surface area contributed by atoms with Crippen molar-refractivity contribution < 1.29 is 6.85 Å². The van der Waals surface area contributed by atoms with Gasteiger partial charge in [-0.15, -0.1) is 0 Å². The fraction of sp³-hybridized carbons (Fsp3) is 0. The highest BCUT2D eigenvalue weighted by atomic mass is 15.1. The van der Waals surface area contributed by atoms with E-state index in [9.17, 15) is 0 Å². The van der Waals surface area contributed by atoms with Crippen LogP contribution in [0.1, 0.15) is 6.85 Å². The molecule has 1 aromatic heterocycles.